The van der Waals surface area contributed by atoms with Crippen LogP contribution in [0.15, 0.2) is 18.2 Å². The number of carboxylic acid groups (broad SMARTS) is 1. The van der Waals surface area contributed by atoms with E-state index in [0.717, 1.165) is 5.52 Å². The zero-order chi connectivity index (χ0) is 14.3. The van der Waals surface area contributed by atoms with Crippen molar-refractivity contribution in [3.63, 3.8) is 0 Å². The van der Waals surface area contributed by atoms with E-state index in [9.17, 15) is 15.0 Å². The summed E-state index contributed by atoms with van der Waals surface area (Å²) >= 11 is 0. The first-order chi connectivity index (χ1) is 8.84. The minimum Gasteiger partial charge on any atom is -0.508 e. The molecule has 1 atom stereocenters. The lowest BCUT2D eigenvalue weighted by molar-refractivity contribution is -0.146. The number of hydrogen-bond acceptors (Lipinski definition) is 3. The molecular formula is C14H17NO4. The fourth-order valence-electron chi connectivity index (χ4n) is 2.59. The Morgan fingerprint density at radius 2 is 1.95 bits per heavy atom. The van der Waals surface area contributed by atoms with Gasteiger partial charge in [-0.2, -0.15) is 0 Å². The SMILES string of the molecule is Cc1c(C(O)C(=O)O)c2ccc(O)cc2n1C(C)C. The van der Waals surface area contributed by atoms with Crippen LogP contribution < -0.4 is 0 Å². The van der Waals surface area contributed by atoms with Crippen LogP contribution in [0.1, 0.15) is 37.3 Å². The van der Waals surface area contributed by atoms with Gasteiger partial charge in [0.25, 0.3) is 0 Å². The molecule has 19 heavy (non-hydrogen) atoms. The molecule has 0 aliphatic heterocycles. The Bertz CT molecular complexity index is 642. The van der Waals surface area contributed by atoms with E-state index in [4.69, 9.17) is 5.11 Å². The summed E-state index contributed by atoms with van der Waals surface area (Å²) in [6.07, 6.45) is -1.56. The van der Waals surface area contributed by atoms with Crippen molar-refractivity contribution in [1.29, 1.82) is 0 Å². The van der Waals surface area contributed by atoms with Crippen molar-refractivity contribution in [3.8, 4) is 5.75 Å². The van der Waals surface area contributed by atoms with E-state index in [1.165, 1.54) is 6.07 Å². The Morgan fingerprint density at radius 3 is 2.47 bits per heavy atom. The molecular weight excluding hydrogens is 246 g/mol. The molecule has 1 heterocycles. The van der Waals surface area contributed by atoms with Crippen molar-refractivity contribution >= 4 is 16.9 Å². The number of carboxylic acids is 1. The van der Waals surface area contributed by atoms with Gasteiger partial charge in [0.2, 0.25) is 0 Å². The van der Waals surface area contributed by atoms with Gasteiger partial charge in [-0.1, -0.05) is 0 Å². The van der Waals surface area contributed by atoms with Gasteiger partial charge in [-0.05, 0) is 32.9 Å². The Morgan fingerprint density at radius 1 is 1.32 bits per heavy atom. The summed E-state index contributed by atoms with van der Waals surface area (Å²) in [6, 6.07) is 4.81. The van der Waals surface area contributed by atoms with Crippen LogP contribution in [0.25, 0.3) is 10.9 Å². The number of phenolic OH excluding ortho intramolecular Hbond substituents is 1. The number of fused-ring (bicyclic) bond motifs is 1. The van der Waals surface area contributed by atoms with Crippen LogP contribution in [0.5, 0.6) is 5.75 Å². The normalized spacial score (nSPS) is 13.1. The van der Waals surface area contributed by atoms with Gasteiger partial charge in [0.1, 0.15) is 5.75 Å². The first-order valence-electron chi connectivity index (χ1n) is 6.09. The van der Waals surface area contributed by atoms with E-state index in [-0.39, 0.29) is 11.8 Å². The van der Waals surface area contributed by atoms with Crippen LogP contribution >= 0.6 is 0 Å². The zero-order valence-corrected chi connectivity index (χ0v) is 11.1. The summed E-state index contributed by atoms with van der Waals surface area (Å²) in [4.78, 5) is 11.0. The number of aliphatic carboxylic acids is 1. The zero-order valence-electron chi connectivity index (χ0n) is 11.1. The minimum atomic E-state index is -1.56. The van der Waals surface area contributed by atoms with Crippen molar-refractivity contribution in [2.24, 2.45) is 0 Å². The lowest BCUT2D eigenvalue weighted by Crippen LogP contribution is -2.12. The third kappa shape index (κ3) is 2.06. The minimum absolute atomic E-state index is 0.0963. The molecule has 3 N–H and O–H groups in total. The lowest BCUT2D eigenvalue weighted by Gasteiger charge is -2.13. The Labute approximate surface area is 110 Å². The highest BCUT2D eigenvalue weighted by atomic mass is 16.4. The van der Waals surface area contributed by atoms with Crippen LogP contribution in [0.4, 0.5) is 0 Å². The number of aliphatic hydroxyl groups is 1. The van der Waals surface area contributed by atoms with Crippen molar-refractivity contribution in [3.05, 3.63) is 29.5 Å². The van der Waals surface area contributed by atoms with Crippen LogP contribution in [0, 0.1) is 6.92 Å². The molecule has 1 aromatic carbocycles. The molecule has 2 aromatic rings. The topological polar surface area (TPSA) is 82.7 Å². The molecule has 2 rings (SSSR count). The van der Waals surface area contributed by atoms with Crippen molar-refractivity contribution in [2.75, 3.05) is 0 Å². The summed E-state index contributed by atoms with van der Waals surface area (Å²) in [5.74, 6) is -1.16. The molecule has 0 bridgehead atoms. The van der Waals surface area contributed by atoms with Crippen LogP contribution in [0.2, 0.25) is 0 Å². The molecule has 1 aromatic heterocycles. The Balaban J connectivity index is 2.85. The van der Waals surface area contributed by atoms with Gasteiger partial charge < -0.3 is 19.9 Å². The van der Waals surface area contributed by atoms with Crippen molar-refractivity contribution < 1.29 is 20.1 Å². The van der Waals surface area contributed by atoms with Gasteiger partial charge >= 0.3 is 5.97 Å². The van der Waals surface area contributed by atoms with Gasteiger partial charge in [0.05, 0.1) is 5.52 Å². The largest absolute Gasteiger partial charge is 0.508 e. The first kappa shape index (κ1) is 13.4. The summed E-state index contributed by atoms with van der Waals surface area (Å²) in [5.41, 5.74) is 1.81. The van der Waals surface area contributed by atoms with E-state index in [1.54, 1.807) is 19.1 Å². The molecule has 0 aliphatic rings. The molecule has 102 valence electrons. The van der Waals surface area contributed by atoms with Crippen LogP contribution in [-0.4, -0.2) is 25.9 Å². The van der Waals surface area contributed by atoms with E-state index < -0.39 is 12.1 Å². The molecule has 5 nitrogen and oxygen atoms in total. The predicted molar refractivity (Wildman–Crippen MR) is 71.3 cm³/mol. The molecule has 0 saturated heterocycles. The van der Waals surface area contributed by atoms with Crippen molar-refractivity contribution in [1.82, 2.24) is 4.57 Å². The number of carbonyl (C=O) groups is 1. The molecule has 0 spiro atoms. The fraction of sp³-hybridized carbons (Fsp3) is 0.357. The lowest BCUT2D eigenvalue weighted by atomic mass is 10.1. The van der Waals surface area contributed by atoms with E-state index in [0.29, 0.717) is 16.6 Å². The number of aromatic nitrogens is 1. The monoisotopic (exact) mass is 263 g/mol. The van der Waals surface area contributed by atoms with Crippen molar-refractivity contribution in [2.45, 2.75) is 32.9 Å². The van der Waals surface area contributed by atoms with E-state index in [2.05, 4.69) is 0 Å². The molecule has 5 heteroatoms. The highest BCUT2D eigenvalue weighted by molar-refractivity contribution is 5.91. The summed E-state index contributed by atoms with van der Waals surface area (Å²) < 4.78 is 1.91. The molecule has 0 aliphatic carbocycles. The number of phenols is 1. The number of hydrogen-bond donors (Lipinski definition) is 3. The van der Waals surface area contributed by atoms with Gasteiger partial charge in [-0.25, -0.2) is 4.79 Å². The summed E-state index contributed by atoms with van der Waals surface area (Å²) in [5, 5.41) is 29.1. The average molecular weight is 263 g/mol. The third-order valence-corrected chi connectivity index (χ3v) is 3.31. The number of aromatic hydroxyl groups is 1. The van der Waals surface area contributed by atoms with Crippen LogP contribution in [-0.2, 0) is 4.79 Å². The highest BCUT2D eigenvalue weighted by Gasteiger charge is 2.25. The number of rotatable bonds is 3. The van der Waals surface area contributed by atoms with Crippen LogP contribution in [0.3, 0.4) is 0 Å². The second kappa shape index (κ2) is 4.59. The Kier molecular flexibility index (Phi) is 3.24. The maximum Gasteiger partial charge on any atom is 0.337 e. The average Bonchev–Trinajstić information content (AvgIpc) is 2.59. The Hall–Kier alpha value is -2.01. The summed E-state index contributed by atoms with van der Waals surface area (Å²) in [7, 11) is 0. The van der Waals surface area contributed by atoms with Gasteiger partial charge in [0, 0.05) is 28.8 Å². The number of aliphatic hydroxyl groups excluding tert-OH is 1. The standard InChI is InChI=1S/C14H17NO4/c1-7(2)15-8(3)12(13(17)14(18)19)10-5-4-9(16)6-11(10)15/h4-7,13,16-17H,1-3H3,(H,18,19). The molecule has 0 radical (unpaired) electrons. The second-order valence-corrected chi connectivity index (χ2v) is 4.91. The third-order valence-electron chi connectivity index (χ3n) is 3.31. The first-order valence-corrected chi connectivity index (χ1v) is 6.09. The summed E-state index contributed by atoms with van der Waals surface area (Å²) in [6.45, 7) is 5.71. The predicted octanol–water partition coefficient (Wildman–Crippen LogP) is 2.35. The molecule has 1 unspecified atom stereocenters. The molecule has 0 saturated carbocycles. The molecule has 0 amide bonds. The highest BCUT2D eigenvalue weighted by Crippen LogP contribution is 2.34. The van der Waals surface area contributed by atoms with E-state index >= 15 is 0 Å². The quantitative estimate of drug-likeness (QED) is 0.793. The number of benzene rings is 1. The van der Waals surface area contributed by atoms with Gasteiger partial charge in [-0.3, -0.25) is 0 Å². The van der Waals surface area contributed by atoms with Gasteiger partial charge in [0.15, 0.2) is 6.10 Å². The maximum atomic E-state index is 11.0. The number of nitrogens with zero attached hydrogens (tertiary/aromatic N) is 1. The molecule has 0 fully saturated rings. The fourth-order valence-corrected chi connectivity index (χ4v) is 2.59. The van der Waals surface area contributed by atoms with E-state index in [1.807, 2.05) is 18.4 Å². The smallest absolute Gasteiger partial charge is 0.337 e. The second-order valence-electron chi connectivity index (χ2n) is 4.91. The maximum absolute atomic E-state index is 11.0. The van der Waals surface area contributed by atoms with Gasteiger partial charge in [-0.15, -0.1) is 0 Å².